The number of urea groups is 1. The summed E-state index contributed by atoms with van der Waals surface area (Å²) in [4.78, 5) is 11.8. The number of benzene rings is 2. The second-order valence-electron chi connectivity index (χ2n) is 4.17. The average Bonchev–Trinajstić information content (AvgIpc) is 2.51. The zero-order valence-electron chi connectivity index (χ0n) is 11.7. The molecule has 0 aliphatic heterocycles. The van der Waals surface area contributed by atoms with Crippen LogP contribution >= 0.6 is 23.2 Å². The van der Waals surface area contributed by atoms with Crippen molar-refractivity contribution in [3.63, 3.8) is 0 Å². The van der Waals surface area contributed by atoms with Crippen LogP contribution in [0.25, 0.3) is 0 Å². The summed E-state index contributed by atoms with van der Waals surface area (Å²) >= 11 is 11.9. The van der Waals surface area contributed by atoms with Gasteiger partial charge in [-0.15, -0.1) is 0 Å². The van der Waals surface area contributed by atoms with Crippen LogP contribution in [0.1, 0.15) is 0 Å². The van der Waals surface area contributed by atoms with Gasteiger partial charge in [-0.2, -0.15) is 0 Å². The lowest BCUT2D eigenvalue weighted by Gasteiger charge is -2.12. The Labute approximate surface area is 138 Å². The van der Waals surface area contributed by atoms with Crippen LogP contribution in [0.4, 0.5) is 10.5 Å². The van der Waals surface area contributed by atoms with Gasteiger partial charge in [0.05, 0.1) is 22.8 Å². The molecule has 0 radical (unpaired) electrons. The minimum atomic E-state index is -0.482. The Hall–Kier alpha value is -2.11. The van der Waals surface area contributed by atoms with E-state index in [1.807, 2.05) is 6.07 Å². The summed E-state index contributed by atoms with van der Waals surface area (Å²) in [7, 11) is 1.54. The van der Waals surface area contributed by atoms with E-state index in [2.05, 4.69) is 10.6 Å². The SMILES string of the molecule is COc1ccccc1OCNC(=O)Nc1c(Cl)cccc1Cl. The number of anilines is 1. The van der Waals surface area contributed by atoms with Gasteiger partial charge in [-0.3, -0.25) is 0 Å². The van der Waals surface area contributed by atoms with E-state index >= 15 is 0 Å². The zero-order chi connectivity index (χ0) is 15.9. The van der Waals surface area contributed by atoms with E-state index in [0.29, 0.717) is 27.2 Å². The fourth-order valence-electron chi connectivity index (χ4n) is 1.69. The number of hydrogen-bond donors (Lipinski definition) is 2. The molecule has 2 N–H and O–H groups in total. The minimum absolute atomic E-state index is 0.0335. The lowest BCUT2D eigenvalue weighted by Crippen LogP contribution is -2.32. The number of nitrogens with one attached hydrogen (secondary N) is 2. The Morgan fingerprint density at radius 2 is 1.68 bits per heavy atom. The van der Waals surface area contributed by atoms with E-state index in [0.717, 1.165) is 0 Å². The van der Waals surface area contributed by atoms with Gasteiger partial charge in [0, 0.05) is 0 Å². The molecule has 0 atom stereocenters. The maximum absolute atomic E-state index is 11.8. The average molecular weight is 341 g/mol. The van der Waals surface area contributed by atoms with Gasteiger partial charge >= 0.3 is 6.03 Å². The van der Waals surface area contributed by atoms with Crippen molar-refractivity contribution < 1.29 is 14.3 Å². The van der Waals surface area contributed by atoms with Crippen LogP contribution in [0.5, 0.6) is 11.5 Å². The van der Waals surface area contributed by atoms with Crippen molar-refractivity contribution in [2.45, 2.75) is 0 Å². The molecule has 2 aromatic carbocycles. The van der Waals surface area contributed by atoms with Gasteiger partial charge in [0.1, 0.15) is 0 Å². The Morgan fingerprint density at radius 3 is 2.32 bits per heavy atom. The monoisotopic (exact) mass is 340 g/mol. The van der Waals surface area contributed by atoms with E-state index in [-0.39, 0.29) is 6.73 Å². The van der Waals surface area contributed by atoms with E-state index in [1.165, 1.54) is 0 Å². The van der Waals surface area contributed by atoms with Crippen molar-refractivity contribution in [1.29, 1.82) is 0 Å². The van der Waals surface area contributed by atoms with Crippen LogP contribution in [0, 0.1) is 0 Å². The molecule has 2 aromatic rings. The largest absolute Gasteiger partial charge is 0.493 e. The zero-order valence-corrected chi connectivity index (χ0v) is 13.2. The van der Waals surface area contributed by atoms with E-state index in [1.54, 1.807) is 43.5 Å². The molecule has 2 rings (SSSR count). The Balaban J connectivity index is 1.88. The van der Waals surface area contributed by atoms with Gasteiger partial charge in [0.25, 0.3) is 0 Å². The highest BCUT2D eigenvalue weighted by atomic mass is 35.5. The first-order valence-electron chi connectivity index (χ1n) is 6.36. The summed E-state index contributed by atoms with van der Waals surface area (Å²) in [5.74, 6) is 1.11. The van der Waals surface area contributed by atoms with Crippen LogP contribution in [-0.4, -0.2) is 19.9 Å². The maximum atomic E-state index is 11.8. The summed E-state index contributed by atoms with van der Waals surface area (Å²) in [5.41, 5.74) is 0.348. The van der Waals surface area contributed by atoms with Gasteiger partial charge < -0.3 is 20.1 Å². The third-order valence-electron chi connectivity index (χ3n) is 2.73. The predicted molar refractivity (Wildman–Crippen MR) is 87.1 cm³/mol. The van der Waals surface area contributed by atoms with Crippen molar-refractivity contribution >= 4 is 34.9 Å². The number of carbonyl (C=O) groups excluding carboxylic acids is 1. The quantitative estimate of drug-likeness (QED) is 0.803. The summed E-state index contributed by atoms with van der Waals surface area (Å²) in [6, 6.07) is 11.6. The lowest BCUT2D eigenvalue weighted by atomic mass is 10.3. The molecule has 0 fully saturated rings. The molecule has 116 valence electrons. The molecule has 0 aromatic heterocycles. The first-order valence-corrected chi connectivity index (χ1v) is 7.12. The van der Waals surface area contributed by atoms with Gasteiger partial charge in [0.2, 0.25) is 0 Å². The number of methoxy groups -OCH3 is 1. The highest BCUT2D eigenvalue weighted by Crippen LogP contribution is 2.29. The molecule has 7 heteroatoms. The molecule has 0 spiro atoms. The second-order valence-corrected chi connectivity index (χ2v) is 4.98. The Kier molecular flexibility index (Phi) is 5.75. The molecule has 2 amide bonds. The molecule has 5 nitrogen and oxygen atoms in total. The highest BCUT2D eigenvalue weighted by Gasteiger charge is 2.09. The number of carbonyl (C=O) groups is 1. The number of hydrogen-bond acceptors (Lipinski definition) is 3. The van der Waals surface area contributed by atoms with Gasteiger partial charge in [-0.05, 0) is 24.3 Å². The highest BCUT2D eigenvalue weighted by molar-refractivity contribution is 6.39. The summed E-state index contributed by atoms with van der Waals surface area (Å²) in [5, 5.41) is 5.82. The van der Waals surface area contributed by atoms with Crippen LogP contribution in [0.2, 0.25) is 10.0 Å². The van der Waals surface area contributed by atoms with Crippen molar-refractivity contribution in [2.24, 2.45) is 0 Å². The fraction of sp³-hybridized carbons (Fsp3) is 0.133. The fourth-order valence-corrected chi connectivity index (χ4v) is 2.18. The summed E-state index contributed by atoms with van der Waals surface area (Å²) in [6.07, 6.45) is 0. The number of rotatable bonds is 5. The second kappa shape index (κ2) is 7.77. The standard InChI is InChI=1S/C15H14Cl2N2O3/c1-21-12-7-2-3-8-13(12)22-9-18-15(20)19-14-10(16)5-4-6-11(14)17/h2-8H,9H2,1H3,(H2,18,19,20). The van der Waals surface area contributed by atoms with Crippen LogP contribution < -0.4 is 20.1 Å². The van der Waals surface area contributed by atoms with Crippen molar-refractivity contribution in [3.8, 4) is 11.5 Å². The third kappa shape index (κ3) is 4.19. The van der Waals surface area contributed by atoms with E-state index < -0.39 is 6.03 Å². The van der Waals surface area contributed by atoms with Crippen molar-refractivity contribution in [1.82, 2.24) is 5.32 Å². The lowest BCUT2D eigenvalue weighted by molar-refractivity contribution is 0.231. The van der Waals surface area contributed by atoms with Crippen LogP contribution in [0.3, 0.4) is 0 Å². The van der Waals surface area contributed by atoms with Crippen molar-refractivity contribution in [2.75, 3.05) is 19.2 Å². The Morgan fingerprint density at radius 1 is 1.05 bits per heavy atom. The molecular formula is C15H14Cl2N2O3. The Bertz CT molecular complexity index is 645. The number of halogens is 2. The summed E-state index contributed by atoms with van der Waals surface area (Å²) < 4.78 is 10.6. The molecule has 0 bridgehead atoms. The molecule has 0 unspecified atom stereocenters. The van der Waals surface area contributed by atoms with Crippen LogP contribution in [0.15, 0.2) is 42.5 Å². The molecule has 22 heavy (non-hydrogen) atoms. The topological polar surface area (TPSA) is 59.6 Å². The first kappa shape index (κ1) is 16.3. The molecule has 0 heterocycles. The van der Waals surface area contributed by atoms with E-state index in [9.17, 15) is 4.79 Å². The predicted octanol–water partition coefficient (Wildman–Crippen LogP) is 4.16. The first-order chi connectivity index (χ1) is 10.6. The minimum Gasteiger partial charge on any atom is -0.493 e. The number of para-hydroxylation sites is 3. The summed E-state index contributed by atoms with van der Waals surface area (Å²) in [6.45, 7) is -0.0335. The van der Waals surface area contributed by atoms with Gasteiger partial charge in [-0.25, -0.2) is 4.79 Å². The smallest absolute Gasteiger partial charge is 0.321 e. The molecular weight excluding hydrogens is 327 g/mol. The van der Waals surface area contributed by atoms with Crippen LogP contribution in [-0.2, 0) is 0 Å². The number of ether oxygens (including phenoxy) is 2. The molecule has 0 saturated heterocycles. The van der Waals surface area contributed by atoms with Crippen molar-refractivity contribution in [3.05, 3.63) is 52.5 Å². The van der Waals surface area contributed by atoms with Gasteiger partial charge in [-0.1, -0.05) is 41.4 Å². The maximum Gasteiger partial charge on any atom is 0.321 e. The third-order valence-corrected chi connectivity index (χ3v) is 3.36. The molecule has 0 aliphatic rings. The number of amides is 2. The van der Waals surface area contributed by atoms with E-state index in [4.69, 9.17) is 32.7 Å². The van der Waals surface area contributed by atoms with Gasteiger partial charge in [0.15, 0.2) is 18.2 Å². The molecule has 0 saturated carbocycles. The normalized spacial score (nSPS) is 9.95. The molecule has 0 aliphatic carbocycles.